The van der Waals surface area contributed by atoms with Gasteiger partial charge >= 0.3 is 0 Å². The number of allylic oxidation sites excluding steroid dienone is 1. The van der Waals surface area contributed by atoms with Crippen LogP contribution in [0.5, 0.6) is 0 Å². The van der Waals surface area contributed by atoms with Gasteiger partial charge in [-0.15, -0.1) is 0 Å². The van der Waals surface area contributed by atoms with Crippen molar-refractivity contribution in [3.63, 3.8) is 0 Å². The zero-order valence-electron chi connectivity index (χ0n) is 6.77. The molecule has 1 heteroatoms. The molecule has 0 aromatic heterocycles. The van der Waals surface area contributed by atoms with E-state index in [2.05, 4.69) is 19.1 Å². The molecule has 0 atom stereocenters. The fourth-order valence-corrected chi connectivity index (χ4v) is 1.55. The quantitative estimate of drug-likeness (QED) is 0.583. The maximum absolute atomic E-state index is 6.06. The average molecular weight is 139 g/mol. The SMILES string of the molecule is CCC=CC1(N)CCCC1. The van der Waals surface area contributed by atoms with Crippen molar-refractivity contribution in [3.8, 4) is 0 Å². The molecular weight excluding hydrogens is 122 g/mol. The van der Waals surface area contributed by atoms with Gasteiger partial charge in [0.15, 0.2) is 0 Å². The Morgan fingerprint density at radius 1 is 1.40 bits per heavy atom. The van der Waals surface area contributed by atoms with Crippen LogP contribution in [0.4, 0.5) is 0 Å². The van der Waals surface area contributed by atoms with Gasteiger partial charge < -0.3 is 5.73 Å². The van der Waals surface area contributed by atoms with Gasteiger partial charge in [-0.2, -0.15) is 0 Å². The van der Waals surface area contributed by atoms with Gasteiger partial charge in [0.2, 0.25) is 0 Å². The van der Waals surface area contributed by atoms with Crippen LogP contribution >= 0.6 is 0 Å². The Labute approximate surface area is 63.3 Å². The predicted octanol–water partition coefficient (Wildman–Crippen LogP) is 2.22. The van der Waals surface area contributed by atoms with Crippen LogP contribution in [0.2, 0.25) is 0 Å². The number of nitrogens with two attached hydrogens (primary N) is 1. The lowest BCUT2D eigenvalue weighted by Crippen LogP contribution is -2.33. The molecule has 1 fully saturated rings. The summed E-state index contributed by atoms with van der Waals surface area (Å²) in [5.74, 6) is 0. The van der Waals surface area contributed by atoms with Crippen LogP contribution in [0.15, 0.2) is 12.2 Å². The molecule has 10 heavy (non-hydrogen) atoms. The summed E-state index contributed by atoms with van der Waals surface area (Å²) in [4.78, 5) is 0. The Morgan fingerprint density at radius 2 is 2.00 bits per heavy atom. The normalized spacial score (nSPS) is 24.2. The highest BCUT2D eigenvalue weighted by molar-refractivity contribution is 5.06. The highest BCUT2D eigenvalue weighted by atomic mass is 14.7. The molecule has 1 aliphatic carbocycles. The molecule has 0 aromatic rings. The zero-order valence-corrected chi connectivity index (χ0v) is 6.77. The third kappa shape index (κ3) is 1.84. The first kappa shape index (κ1) is 7.80. The summed E-state index contributed by atoms with van der Waals surface area (Å²) in [6.45, 7) is 2.15. The Morgan fingerprint density at radius 3 is 2.50 bits per heavy atom. The van der Waals surface area contributed by atoms with E-state index in [0.29, 0.717) is 0 Å². The van der Waals surface area contributed by atoms with E-state index in [1.807, 2.05) is 0 Å². The number of rotatable bonds is 2. The Bertz CT molecular complexity index is 121. The highest BCUT2D eigenvalue weighted by Gasteiger charge is 2.25. The van der Waals surface area contributed by atoms with Gasteiger partial charge in [-0.25, -0.2) is 0 Å². The van der Waals surface area contributed by atoms with Crippen LogP contribution in [-0.2, 0) is 0 Å². The lowest BCUT2D eigenvalue weighted by Gasteiger charge is -2.17. The summed E-state index contributed by atoms with van der Waals surface area (Å²) >= 11 is 0. The number of hydrogen-bond donors (Lipinski definition) is 1. The highest BCUT2D eigenvalue weighted by Crippen LogP contribution is 2.28. The van der Waals surface area contributed by atoms with Crippen LogP contribution in [0, 0.1) is 0 Å². The minimum atomic E-state index is 0.0655. The largest absolute Gasteiger partial charge is 0.322 e. The van der Waals surface area contributed by atoms with Crippen LogP contribution in [-0.4, -0.2) is 5.54 Å². The molecule has 1 nitrogen and oxygen atoms in total. The van der Waals surface area contributed by atoms with E-state index in [9.17, 15) is 0 Å². The van der Waals surface area contributed by atoms with Crippen molar-refractivity contribution < 1.29 is 0 Å². The monoisotopic (exact) mass is 139 g/mol. The van der Waals surface area contributed by atoms with E-state index in [0.717, 1.165) is 6.42 Å². The van der Waals surface area contributed by atoms with E-state index in [-0.39, 0.29) is 5.54 Å². The van der Waals surface area contributed by atoms with Crippen molar-refractivity contribution in [1.82, 2.24) is 0 Å². The Hall–Kier alpha value is -0.300. The Kier molecular flexibility index (Phi) is 2.50. The van der Waals surface area contributed by atoms with Gasteiger partial charge in [-0.3, -0.25) is 0 Å². The molecule has 0 radical (unpaired) electrons. The molecule has 1 rings (SSSR count). The van der Waals surface area contributed by atoms with Crippen LogP contribution in [0.1, 0.15) is 39.0 Å². The molecule has 58 valence electrons. The third-order valence-electron chi connectivity index (χ3n) is 2.22. The van der Waals surface area contributed by atoms with Crippen LogP contribution in [0.25, 0.3) is 0 Å². The molecule has 0 spiro atoms. The second-order valence-corrected chi connectivity index (χ2v) is 3.25. The molecule has 0 aromatic carbocycles. The molecule has 1 saturated carbocycles. The zero-order chi connectivity index (χ0) is 7.45. The van der Waals surface area contributed by atoms with Crippen LogP contribution < -0.4 is 5.73 Å². The Balaban J connectivity index is 2.43. The van der Waals surface area contributed by atoms with E-state index >= 15 is 0 Å². The first-order chi connectivity index (χ1) is 4.77. The van der Waals surface area contributed by atoms with Crippen molar-refractivity contribution in [1.29, 1.82) is 0 Å². The molecule has 0 heterocycles. The van der Waals surface area contributed by atoms with Gasteiger partial charge in [0, 0.05) is 5.54 Å². The minimum Gasteiger partial charge on any atom is -0.322 e. The fourth-order valence-electron chi connectivity index (χ4n) is 1.55. The van der Waals surface area contributed by atoms with Crippen LogP contribution in [0.3, 0.4) is 0 Å². The molecule has 0 unspecified atom stereocenters. The summed E-state index contributed by atoms with van der Waals surface area (Å²) < 4.78 is 0. The molecule has 0 amide bonds. The predicted molar refractivity (Wildman–Crippen MR) is 44.8 cm³/mol. The number of hydrogen-bond acceptors (Lipinski definition) is 1. The standard InChI is InChI=1S/C9H17N/c1-2-3-6-9(10)7-4-5-8-9/h3,6H,2,4-5,7-8,10H2,1H3. The molecule has 1 aliphatic rings. The van der Waals surface area contributed by atoms with Crippen molar-refractivity contribution in [2.45, 2.75) is 44.6 Å². The van der Waals surface area contributed by atoms with Crippen molar-refractivity contribution in [3.05, 3.63) is 12.2 Å². The van der Waals surface area contributed by atoms with Crippen molar-refractivity contribution in [2.24, 2.45) is 5.73 Å². The maximum atomic E-state index is 6.06. The summed E-state index contributed by atoms with van der Waals surface area (Å²) in [5.41, 5.74) is 6.12. The summed E-state index contributed by atoms with van der Waals surface area (Å²) in [6, 6.07) is 0. The molecule has 0 bridgehead atoms. The van der Waals surface area contributed by atoms with E-state index in [1.54, 1.807) is 0 Å². The summed E-state index contributed by atoms with van der Waals surface area (Å²) in [7, 11) is 0. The average Bonchev–Trinajstić information content (AvgIpc) is 2.33. The summed E-state index contributed by atoms with van der Waals surface area (Å²) in [6.07, 6.45) is 10.5. The molecule has 2 N–H and O–H groups in total. The summed E-state index contributed by atoms with van der Waals surface area (Å²) in [5, 5.41) is 0. The van der Waals surface area contributed by atoms with Crippen molar-refractivity contribution >= 4 is 0 Å². The van der Waals surface area contributed by atoms with Gasteiger partial charge in [0.25, 0.3) is 0 Å². The maximum Gasteiger partial charge on any atom is 0.0339 e. The topological polar surface area (TPSA) is 26.0 Å². The van der Waals surface area contributed by atoms with Crippen molar-refractivity contribution in [2.75, 3.05) is 0 Å². The van der Waals surface area contributed by atoms with Gasteiger partial charge in [-0.1, -0.05) is 31.9 Å². The van der Waals surface area contributed by atoms with E-state index in [4.69, 9.17) is 5.73 Å². The minimum absolute atomic E-state index is 0.0655. The second-order valence-electron chi connectivity index (χ2n) is 3.25. The van der Waals surface area contributed by atoms with Gasteiger partial charge in [0.1, 0.15) is 0 Å². The van der Waals surface area contributed by atoms with Gasteiger partial charge in [-0.05, 0) is 19.3 Å². The first-order valence-electron chi connectivity index (χ1n) is 4.23. The first-order valence-corrected chi connectivity index (χ1v) is 4.23. The second kappa shape index (κ2) is 3.20. The fraction of sp³-hybridized carbons (Fsp3) is 0.778. The lowest BCUT2D eigenvalue weighted by molar-refractivity contribution is 0.548. The molecular formula is C9H17N. The smallest absolute Gasteiger partial charge is 0.0339 e. The molecule has 0 saturated heterocycles. The van der Waals surface area contributed by atoms with E-state index in [1.165, 1.54) is 25.7 Å². The molecule has 0 aliphatic heterocycles. The van der Waals surface area contributed by atoms with Gasteiger partial charge in [0.05, 0.1) is 0 Å². The lowest BCUT2D eigenvalue weighted by atomic mass is 9.98. The third-order valence-corrected chi connectivity index (χ3v) is 2.22. The van der Waals surface area contributed by atoms with E-state index < -0.39 is 0 Å².